The van der Waals surface area contributed by atoms with Crippen molar-refractivity contribution in [1.82, 2.24) is 0 Å². The Morgan fingerprint density at radius 3 is 1.21 bits per heavy atom. The number of carboxylic acid groups (broad SMARTS) is 1. The molecular weight excluding hydrogens is 1020 g/mol. The Bertz CT molecular complexity index is 1680. The molecule has 81 heavy (non-hydrogen) atoms. The Balaban J connectivity index is 2.66. The Labute approximate surface area is 493 Å². The summed E-state index contributed by atoms with van der Waals surface area (Å²) in [5.41, 5.74) is 0. The van der Waals surface area contributed by atoms with Crippen LogP contribution in [-0.4, -0.2) is 89.2 Å². The summed E-state index contributed by atoms with van der Waals surface area (Å²) in [6.45, 7) is 5.87. The second-order valence-electron chi connectivity index (χ2n) is 22.4. The van der Waals surface area contributed by atoms with Crippen molar-refractivity contribution in [3.05, 3.63) is 72.9 Å². The first-order chi connectivity index (χ1) is 39.6. The topological polar surface area (TPSA) is 175 Å². The van der Waals surface area contributed by atoms with Crippen LogP contribution < -0.4 is 0 Å². The van der Waals surface area contributed by atoms with Crippen LogP contribution in [0.4, 0.5) is 0 Å². The number of aliphatic hydroxyl groups excluding tert-OH is 2. The summed E-state index contributed by atoms with van der Waals surface area (Å²) in [6.07, 6.45) is 60.0. The molecule has 1 saturated heterocycles. The number of unbranched alkanes of at least 4 members (excludes halogenated alkanes) is 30. The second-order valence-corrected chi connectivity index (χ2v) is 22.4. The molecule has 0 aromatic rings. The van der Waals surface area contributed by atoms with Crippen LogP contribution in [0.3, 0.4) is 0 Å². The van der Waals surface area contributed by atoms with E-state index >= 15 is 0 Å². The van der Waals surface area contributed by atoms with Crippen LogP contribution in [0, 0.1) is 0 Å². The minimum Gasteiger partial charge on any atom is -0.479 e. The standard InChI is InChI=1S/C69H118O12/c1-4-7-10-13-16-19-22-25-28-30-31-33-35-37-40-43-46-49-52-55-61(70)77-58-60(79-62(71)56-53-50-47-44-41-38-34-27-24-21-18-15-12-9-6-3)59-78-69-67(65(74)64(73)66(81-69)68(75)76)80-63(72)57-54-51-48-45-42-39-36-32-29-26-23-20-17-14-11-8-5-2/h9,12,16,18-19,21,25,27-28,31,33-34,60,64-67,69,73-74H,4-8,10-11,13-15,17,20,22-24,26,29-30,32,35-59H2,1-3H3,(H,75,76)/b12-9-,19-16-,21-18-,28-25-,33-31-,34-27-. The number of aliphatic hydroxyl groups is 2. The highest BCUT2D eigenvalue weighted by molar-refractivity contribution is 5.74. The monoisotopic (exact) mass is 1140 g/mol. The van der Waals surface area contributed by atoms with E-state index < -0.39 is 67.3 Å². The molecule has 12 heteroatoms. The zero-order valence-electron chi connectivity index (χ0n) is 51.5. The molecule has 1 fully saturated rings. The molecule has 1 aliphatic rings. The zero-order valence-corrected chi connectivity index (χ0v) is 51.5. The average Bonchev–Trinajstić information content (AvgIpc) is 3.53. The molecule has 0 saturated carbocycles. The van der Waals surface area contributed by atoms with E-state index in [1.807, 2.05) is 0 Å². The first kappa shape index (κ1) is 75.2. The minimum absolute atomic E-state index is 0.0590. The highest BCUT2D eigenvalue weighted by Gasteiger charge is 2.50. The first-order valence-electron chi connectivity index (χ1n) is 32.9. The van der Waals surface area contributed by atoms with Gasteiger partial charge in [0.05, 0.1) is 6.61 Å². The van der Waals surface area contributed by atoms with E-state index in [4.69, 9.17) is 23.7 Å². The molecule has 3 N–H and O–H groups in total. The number of carboxylic acids is 1. The van der Waals surface area contributed by atoms with Gasteiger partial charge in [-0.15, -0.1) is 0 Å². The Kier molecular flexibility index (Phi) is 52.6. The van der Waals surface area contributed by atoms with E-state index in [0.717, 1.165) is 128 Å². The van der Waals surface area contributed by atoms with Gasteiger partial charge in [0.25, 0.3) is 0 Å². The van der Waals surface area contributed by atoms with E-state index in [0.29, 0.717) is 19.3 Å². The van der Waals surface area contributed by atoms with Gasteiger partial charge in [0, 0.05) is 19.3 Å². The van der Waals surface area contributed by atoms with Crippen molar-refractivity contribution in [2.24, 2.45) is 0 Å². The number of carbonyl (C=O) groups is 4. The molecule has 0 spiro atoms. The lowest BCUT2D eigenvalue weighted by molar-refractivity contribution is -0.301. The first-order valence-corrected chi connectivity index (χ1v) is 32.9. The quantitative estimate of drug-likeness (QED) is 0.0228. The molecule has 0 amide bonds. The zero-order chi connectivity index (χ0) is 58.9. The summed E-state index contributed by atoms with van der Waals surface area (Å²) in [5.74, 6) is -3.14. The largest absolute Gasteiger partial charge is 0.479 e. The van der Waals surface area contributed by atoms with Crippen molar-refractivity contribution in [1.29, 1.82) is 0 Å². The molecular formula is C69H118O12. The number of allylic oxidation sites excluding steroid dienone is 12. The summed E-state index contributed by atoms with van der Waals surface area (Å²) < 4.78 is 28.5. The van der Waals surface area contributed by atoms with E-state index in [9.17, 15) is 34.5 Å². The van der Waals surface area contributed by atoms with Crippen LogP contribution in [0.1, 0.15) is 290 Å². The molecule has 0 aromatic carbocycles. The van der Waals surface area contributed by atoms with Crippen LogP contribution in [-0.2, 0) is 42.9 Å². The predicted molar refractivity (Wildman–Crippen MR) is 331 cm³/mol. The van der Waals surface area contributed by atoms with Gasteiger partial charge in [-0.3, -0.25) is 14.4 Å². The SMILES string of the molecule is CC/C=C\C/C=C\C/C=C\CCCCCCCC(=O)OC(COC(=O)CCCCCCCC/C=C\C/C=C\C/C=C\CCCCC)COC1OC(C(=O)O)C(O)C(O)C1OC(=O)CCCCCCCCCCCCCCCCCCC. The highest BCUT2D eigenvalue weighted by Crippen LogP contribution is 2.27. The number of carbonyl (C=O) groups excluding carboxylic acids is 3. The fourth-order valence-electron chi connectivity index (χ4n) is 9.74. The number of esters is 3. The fraction of sp³-hybridized carbons (Fsp3) is 0.768. The van der Waals surface area contributed by atoms with Gasteiger partial charge >= 0.3 is 23.9 Å². The van der Waals surface area contributed by atoms with Crippen LogP contribution in [0.15, 0.2) is 72.9 Å². The molecule has 6 atom stereocenters. The molecule has 0 bridgehead atoms. The van der Waals surface area contributed by atoms with Gasteiger partial charge in [-0.25, -0.2) is 4.79 Å². The molecule has 0 aliphatic carbocycles. The Morgan fingerprint density at radius 1 is 0.420 bits per heavy atom. The summed E-state index contributed by atoms with van der Waals surface area (Å²) in [7, 11) is 0. The number of aliphatic carboxylic acids is 1. The van der Waals surface area contributed by atoms with Crippen molar-refractivity contribution < 1.29 is 58.2 Å². The van der Waals surface area contributed by atoms with Crippen molar-refractivity contribution in [2.45, 2.75) is 327 Å². The maximum Gasteiger partial charge on any atom is 0.335 e. The summed E-state index contributed by atoms with van der Waals surface area (Å²) in [5, 5.41) is 31.6. The fourth-order valence-corrected chi connectivity index (χ4v) is 9.74. The second kappa shape index (κ2) is 56.6. The third kappa shape index (κ3) is 46.3. The van der Waals surface area contributed by atoms with Crippen molar-refractivity contribution in [2.75, 3.05) is 13.2 Å². The van der Waals surface area contributed by atoms with Gasteiger partial charge in [-0.05, 0) is 89.9 Å². The summed E-state index contributed by atoms with van der Waals surface area (Å²) >= 11 is 0. The lowest BCUT2D eigenvalue weighted by Gasteiger charge is -2.40. The normalized spacial score (nSPS) is 18.2. The molecule has 466 valence electrons. The van der Waals surface area contributed by atoms with Crippen LogP contribution in [0.25, 0.3) is 0 Å². The van der Waals surface area contributed by atoms with E-state index in [2.05, 4.69) is 93.7 Å². The lowest BCUT2D eigenvalue weighted by atomic mass is 9.98. The van der Waals surface area contributed by atoms with Crippen LogP contribution in [0.5, 0.6) is 0 Å². The van der Waals surface area contributed by atoms with E-state index in [1.165, 1.54) is 103 Å². The molecule has 6 unspecified atom stereocenters. The molecule has 0 aromatic heterocycles. The maximum absolute atomic E-state index is 13.2. The third-order valence-corrected chi connectivity index (χ3v) is 14.8. The number of rotatable bonds is 56. The van der Waals surface area contributed by atoms with Crippen molar-refractivity contribution in [3.8, 4) is 0 Å². The Hall–Kier alpha value is -3.84. The van der Waals surface area contributed by atoms with Gasteiger partial charge in [0.2, 0.25) is 0 Å². The minimum atomic E-state index is -1.91. The average molecular weight is 1140 g/mol. The third-order valence-electron chi connectivity index (χ3n) is 14.8. The maximum atomic E-state index is 13.2. The van der Waals surface area contributed by atoms with Gasteiger partial charge < -0.3 is 39.0 Å². The van der Waals surface area contributed by atoms with Gasteiger partial charge in [0.1, 0.15) is 18.8 Å². The number of ether oxygens (including phenoxy) is 5. The van der Waals surface area contributed by atoms with E-state index in [1.54, 1.807) is 0 Å². The van der Waals surface area contributed by atoms with Gasteiger partial charge in [-0.1, -0.05) is 254 Å². The molecule has 1 aliphatic heterocycles. The summed E-state index contributed by atoms with van der Waals surface area (Å²) in [6, 6.07) is 0. The molecule has 1 heterocycles. The lowest BCUT2D eigenvalue weighted by Crippen LogP contribution is -2.61. The van der Waals surface area contributed by atoms with Crippen molar-refractivity contribution in [3.63, 3.8) is 0 Å². The smallest absolute Gasteiger partial charge is 0.335 e. The van der Waals surface area contributed by atoms with E-state index in [-0.39, 0.29) is 25.9 Å². The molecule has 1 rings (SSSR count). The molecule has 12 nitrogen and oxygen atoms in total. The van der Waals surface area contributed by atoms with Gasteiger partial charge in [-0.2, -0.15) is 0 Å². The molecule has 0 radical (unpaired) electrons. The number of hydrogen-bond acceptors (Lipinski definition) is 11. The van der Waals surface area contributed by atoms with Crippen molar-refractivity contribution >= 4 is 23.9 Å². The Morgan fingerprint density at radius 2 is 0.778 bits per heavy atom. The van der Waals surface area contributed by atoms with Crippen LogP contribution in [0.2, 0.25) is 0 Å². The summed E-state index contributed by atoms with van der Waals surface area (Å²) in [4.78, 5) is 51.3. The van der Waals surface area contributed by atoms with Gasteiger partial charge in [0.15, 0.2) is 24.6 Å². The van der Waals surface area contributed by atoms with Crippen LogP contribution >= 0.6 is 0 Å². The highest BCUT2D eigenvalue weighted by atomic mass is 16.7. The predicted octanol–water partition coefficient (Wildman–Crippen LogP) is 17.7. The number of hydrogen-bond donors (Lipinski definition) is 3.